The molecule has 6 rings (SSSR count). The minimum absolute atomic E-state index is 0.0301. The molecule has 0 radical (unpaired) electrons. The van der Waals surface area contributed by atoms with Crippen molar-refractivity contribution in [2.75, 3.05) is 11.8 Å². The number of aryl methyl sites for hydroxylation is 1. The number of pyridine rings is 2. The lowest BCUT2D eigenvalue weighted by atomic mass is 10.1. The average Bonchev–Trinajstić information content (AvgIpc) is 3.16. The van der Waals surface area contributed by atoms with Crippen molar-refractivity contribution in [3.05, 3.63) is 135 Å². The molecule has 4 heterocycles. The fourth-order valence-corrected chi connectivity index (χ4v) is 6.13. The van der Waals surface area contributed by atoms with Gasteiger partial charge >= 0.3 is 11.7 Å². The lowest BCUT2D eigenvalue weighted by molar-refractivity contribution is -0.139. The Morgan fingerprint density at radius 3 is 2.36 bits per heavy atom. The van der Waals surface area contributed by atoms with Crippen LogP contribution in [0.3, 0.4) is 0 Å². The van der Waals surface area contributed by atoms with Gasteiger partial charge in [-0.1, -0.05) is 6.07 Å². The first-order valence-corrected chi connectivity index (χ1v) is 16.7. The third-order valence-corrected chi connectivity index (χ3v) is 9.14. The predicted octanol–water partition coefficient (Wildman–Crippen LogP) is 2.92. The third-order valence-electron chi connectivity index (χ3n) is 8.04. The van der Waals surface area contributed by atoms with Crippen molar-refractivity contribution in [3.63, 3.8) is 0 Å². The molecule has 1 unspecified atom stereocenters. The van der Waals surface area contributed by atoms with Crippen molar-refractivity contribution in [2.24, 2.45) is 7.05 Å². The van der Waals surface area contributed by atoms with Gasteiger partial charge in [0.2, 0.25) is 0 Å². The number of fused-ring (bicyclic) bond motifs is 1. The Labute approximate surface area is 301 Å². The second kappa shape index (κ2) is 15.5. The predicted molar refractivity (Wildman–Crippen MR) is 188 cm³/mol. The van der Waals surface area contributed by atoms with E-state index in [1.165, 1.54) is 67.6 Å². The zero-order chi connectivity index (χ0) is 37.8. The summed E-state index contributed by atoms with van der Waals surface area (Å²) in [5.41, 5.74) is -0.576. The topological polar surface area (TPSA) is 206 Å². The second-order valence-corrected chi connectivity index (χ2v) is 12.7. The van der Waals surface area contributed by atoms with Crippen LogP contribution in [0, 0.1) is 11.6 Å². The molecule has 53 heavy (non-hydrogen) atoms. The second-order valence-electron chi connectivity index (χ2n) is 11.5. The summed E-state index contributed by atoms with van der Waals surface area (Å²) in [5.74, 6) is -4.55. The lowest BCUT2D eigenvalue weighted by Crippen LogP contribution is -2.42. The first-order chi connectivity index (χ1) is 25.4. The highest BCUT2D eigenvalue weighted by atomic mass is 32.2. The number of rotatable bonds is 12. The van der Waals surface area contributed by atoms with Gasteiger partial charge in [-0.3, -0.25) is 19.1 Å². The Balaban J connectivity index is 1.12. The van der Waals surface area contributed by atoms with Gasteiger partial charge in [0.05, 0.1) is 22.7 Å². The van der Waals surface area contributed by atoms with Crippen LogP contribution in [0.25, 0.3) is 27.8 Å². The first kappa shape index (κ1) is 36.4. The number of halogens is 2. The average molecular weight is 743 g/mol. The molecule has 0 aliphatic heterocycles. The SMILES string of the molecule is COCc1ncc(-c2ccc([S+]([O-])Nc3cc(F)c(C(=O)N[C@@H](Cc4ccc(-n5c(=O)c6ccncc6n(C)c5=O)nc4)C(=O)O)cc3F)cc2)cn1. The molecule has 0 saturated carbocycles. The van der Waals surface area contributed by atoms with Gasteiger partial charge in [0.25, 0.3) is 11.5 Å². The standard InChI is InChI=1S/C35H28F2N8O7S/c1-44-29-17-38-10-9-23(29)33(47)45(35(44)50)31-8-3-19(14-41-31)11-28(34(48)49)42-32(46)24-12-26(37)27(13-25(24)36)43-53(51)22-6-4-20(5-7-22)21-15-39-30(18-52-2)40-16-21/h3-10,12-17,28,43H,11,18H2,1-2H3,(H,42,46)(H,48,49)/t28-,53?/m0/s1. The van der Waals surface area contributed by atoms with Gasteiger partial charge in [-0.25, -0.2) is 42.6 Å². The molecule has 1 amide bonds. The highest BCUT2D eigenvalue weighted by Crippen LogP contribution is 2.25. The van der Waals surface area contributed by atoms with Gasteiger partial charge in [-0.15, -0.1) is 0 Å². The lowest BCUT2D eigenvalue weighted by Gasteiger charge is -2.16. The Morgan fingerprint density at radius 2 is 1.70 bits per heavy atom. The number of benzene rings is 2. The fraction of sp³-hybridized carbons (Fsp3) is 0.143. The number of nitrogens with one attached hydrogen (secondary N) is 2. The first-order valence-electron chi connectivity index (χ1n) is 15.6. The Bertz CT molecular complexity index is 2450. The summed E-state index contributed by atoms with van der Waals surface area (Å²) < 4.78 is 52.6. The van der Waals surface area contributed by atoms with E-state index in [2.05, 4.69) is 30.0 Å². The molecular formula is C35H28F2N8O7S. The number of hydrogen-bond donors (Lipinski definition) is 3. The van der Waals surface area contributed by atoms with Crippen molar-refractivity contribution in [1.82, 2.24) is 34.4 Å². The van der Waals surface area contributed by atoms with Crippen molar-refractivity contribution in [2.45, 2.75) is 24.0 Å². The monoisotopic (exact) mass is 742 g/mol. The molecule has 2 atom stereocenters. The summed E-state index contributed by atoms with van der Waals surface area (Å²) in [6, 6.07) is 10.2. The summed E-state index contributed by atoms with van der Waals surface area (Å²) >= 11 is -2.03. The van der Waals surface area contributed by atoms with E-state index in [0.717, 1.165) is 10.1 Å². The maximum Gasteiger partial charge on any atom is 0.337 e. The number of carboxylic acid groups (broad SMARTS) is 1. The molecule has 0 saturated heterocycles. The zero-order valence-corrected chi connectivity index (χ0v) is 28.6. The molecule has 0 aliphatic carbocycles. The van der Waals surface area contributed by atoms with Crippen LogP contribution in [0.4, 0.5) is 14.5 Å². The molecule has 15 nitrogen and oxygen atoms in total. The van der Waals surface area contributed by atoms with E-state index < -0.39 is 63.4 Å². The minimum Gasteiger partial charge on any atom is -0.588 e. The molecule has 0 fully saturated rings. The molecule has 3 N–H and O–H groups in total. The van der Waals surface area contributed by atoms with Gasteiger partial charge in [0.15, 0.2) is 16.5 Å². The van der Waals surface area contributed by atoms with E-state index in [1.54, 1.807) is 24.5 Å². The van der Waals surface area contributed by atoms with Crippen LogP contribution in [0.5, 0.6) is 0 Å². The number of carbonyl (C=O) groups is 2. The number of hydrogen-bond acceptors (Lipinski definition) is 11. The number of aromatic nitrogens is 6. The smallest absolute Gasteiger partial charge is 0.337 e. The van der Waals surface area contributed by atoms with Gasteiger partial charge in [0.1, 0.15) is 41.3 Å². The molecule has 0 aliphatic rings. The number of anilines is 1. The van der Waals surface area contributed by atoms with E-state index in [4.69, 9.17) is 4.74 Å². The number of carboxylic acids is 1. The Hall–Kier alpha value is -6.37. The number of amides is 1. The van der Waals surface area contributed by atoms with Crippen LogP contribution in [0.15, 0.2) is 100 Å². The number of aliphatic carboxylic acids is 1. The van der Waals surface area contributed by atoms with Gasteiger partial charge in [-0.05, 0) is 53.6 Å². The number of nitrogens with zero attached hydrogens (tertiary/aromatic N) is 6. The third kappa shape index (κ3) is 7.78. The molecule has 2 aromatic carbocycles. The van der Waals surface area contributed by atoms with E-state index in [0.29, 0.717) is 29.0 Å². The quantitative estimate of drug-likeness (QED) is 0.155. The molecule has 4 aromatic heterocycles. The summed E-state index contributed by atoms with van der Waals surface area (Å²) in [6.07, 6.45) is 6.90. The summed E-state index contributed by atoms with van der Waals surface area (Å²) in [7, 11) is 3.00. The van der Waals surface area contributed by atoms with E-state index in [9.17, 15) is 28.8 Å². The largest absolute Gasteiger partial charge is 0.588 e. The number of methoxy groups -OCH3 is 1. The maximum absolute atomic E-state index is 15.1. The highest BCUT2D eigenvalue weighted by molar-refractivity contribution is 7.92. The van der Waals surface area contributed by atoms with Crippen molar-refractivity contribution < 1.29 is 32.8 Å². The maximum atomic E-state index is 15.1. The summed E-state index contributed by atoms with van der Waals surface area (Å²) in [4.78, 5) is 67.7. The van der Waals surface area contributed by atoms with Crippen molar-refractivity contribution in [3.8, 4) is 16.9 Å². The van der Waals surface area contributed by atoms with Crippen molar-refractivity contribution >= 4 is 39.8 Å². The van der Waals surface area contributed by atoms with Crippen LogP contribution >= 0.6 is 0 Å². The normalized spacial score (nSPS) is 12.3. The van der Waals surface area contributed by atoms with Gasteiger partial charge in [0, 0.05) is 57.0 Å². The summed E-state index contributed by atoms with van der Waals surface area (Å²) in [5, 5.41) is 12.2. The Morgan fingerprint density at radius 1 is 0.962 bits per heavy atom. The molecule has 0 spiro atoms. The molecule has 6 aromatic rings. The van der Waals surface area contributed by atoms with Gasteiger partial charge < -0.3 is 19.7 Å². The van der Waals surface area contributed by atoms with E-state index in [1.807, 2.05) is 0 Å². The number of carbonyl (C=O) groups excluding carboxylic acids is 1. The number of ether oxygens (including phenoxy) is 1. The molecule has 270 valence electrons. The van der Waals surface area contributed by atoms with Crippen LogP contribution in [0.2, 0.25) is 0 Å². The van der Waals surface area contributed by atoms with E-state index >= 15 is 8.78 Å². The van der Waals surface area contributed by atoms with Crippen LogP contribution < -0.4 is 21.3 Å². The van der Waals surface area contributed by atoms with Crippen molar-refractivity contribution in [1.29, 1.82) is 0 Å². The van der Waals surface area contributed by atoms with Crippen LogP contribution in [-0.2, 0) is 41.0 Å². The van der Waals surface area contributed by atoms with Crippen LogP contribution in [-0.4, -0.2) is 63.8 Å². The minimum atomic E-state index is -2.03. The van der Waals surface area contributed by atoms with Crippen LogP contribution in [0.1, 0.15) is 21.7 Å². The highest BCUT2D eigenvalue weighted by Gasteiger charge is 2.26. The summed E-state index contributed by atoms with van der Waals surface area (Å²) in [6.45, 7) is 0.257. The molecular weight excluding hydrogens is 714 g/mol. The van der Waals surface area contributed by atoms with E-state index in [-0.39, 0.29) is 34.7 Å². The fourth-order valence-electron chi connectivity index (χ4n) is 5.27. The zero-order valence-electron chi connectivity index (χ0n) is 27.8. The Kier molecular flexibility index (Phi) is 10.6. The molecule has 18 heteroatoms. The van der Waals surface area contributed by atoms with Gasteiger partial charge in [-0.2, -0.15) is 0 Å². The molecule has 0 bridgehead atoms.